The Morgan fingerprint density at radius 1 is 1.41 bits per heavy atom. The van der Waals surface area contributed by atoms with Gasteiger partial charge in [0, 0.05) is 13.1 Å². The van der Waals surface area contributed by atoms with E-state index in [2.05, 4.69) is 15.0 Å². The lowest BCUT2D eigenvalue weighted by atomic mass is 10.1. The summed E-state index contributed by atoms with van der Waals surface area (Å²) in [5.41, 5.74) is 2.11. The van der Waals surface area contributed by atoms with Crippen LogP contribution in [-0.4, -0.2) is 56.5 Å². The van der Waals surface area contributed by atoms with E-state index in [1.807, 2.05) is 24.3 Å². The molecule has 1 N–H and O–H groups in total. The minimum atomic E-state index is -0.377. The second kappa shape index (κ2) is 7.75. The number of hydrogen-bond donors (Lipinski definition) is 1. The first-order valence-corrected chi connectivity index (χ1v) is 9.97. The number of carbonyl (C=O) groups is 1. The third kappa shape index (κ3) is 3.73. The van der Waals surface area contributed by atoms with Crippen LogP contribution in [0.3, 0.4) is 0 Å². The average molecular weight is 386 g/mol. The number of carbonyl (C=O) groups excluding carboxylic acids is 1. The zero-order valence-electron chi connectivity index (χ0n) is 15.2. The summed E-state index contributed by atoms with van der Waals surface area (Å²) in [5, 5.41) is 15.2. The van der Waals surface area contributed by atoms with Crippen molar-refractivity contribution in [3.05, 3.63) is 41.7 Å². The van der Waals surface area contributed by atoms with E-state index in [1.54, 1.807) is 17.8 Å². The zero-order chi connectivity index (χ0) is 18.8. The molecule has 1 unspecified atom stereocenters. The van der Waals surface area contributed by atoms with Gasteiger partial charge < -0.3 is 9.84 Å². The van der Waals surface area contributed by atoms with Crippen LogP contribution in [-0.2, 0) is 11.3 Å². The first-order chi connectivity index (χ1) is 13.2. The van der Waals surface area contributed by atoms with Crippen molar-refractivity contribution in [3.8, 4) is 5.13 Å². The van der Waals surface area contributed by atoms with Gasteiger partial charge in [0.1, 0.15) is 5.56 Å². The van der Waals surface area contributed by atoms with Crippen LogP contribution in [0.15, 0.2) is 30.5 Å². The number of aromatic nitrogens is 3. The number of rotatable bonds is 5. The minimum absolute atomic E-state index is 0.313. The fourth-order valence-electron chi connectivity index (χ4n) is 3.41. The van der Waals surface area contributed by atoms with Crippen LogP contribution in [0.1, 0.15) is 35.8 Å². The molecule has 3 aromatic rings. The molecule has 0 saturated carbocycles. The Kier molecular flexibility index (Phi) is 5.20. The molecule has 0 spiro atoms. The topological polar surface area (TPSA) is 80.5 Å². The lowest BCUT2D eigenvalue weighted by Gasteiger charge is -2.30. The average Bonchev–Trinajstić information content (AvgIpc) is 3.25. The number of β-amino-alcohol motifs (C(OH)–C–C–N with tert-alkyl or cyclic N) is 1. The number of aliphatic hydroxyl groups is 1. The van der Waals surface area contributed by atoms with Crippen LogP contribution >= 0.6 is 11.3 Å². The Morgan fingerprint density at radius 2 is 2.26 bits per heavy atom. The molecular weight excluding hydrogens is 364 g/mol. The second-order valence-electron chi connectivity index (χ2n) is 6.63. The summed E-state index contributed by atoms with van der Waals surface area (Å²) in [7, 11) is 0. The summed E-state index contributed by atoms with van der Waals surface area (Å²) in [4.78, 5) is 19.2. The number of thiazole rings is 1. The van der Waals surface area contributed by atoms with Gasteiger partial charge in [0.2, 0.25) is 5.13 Å². The fourth-order valence-corrected chi connectivity index (χ4v) is 4.36. The van der Waals surface area contributed by atoms with Gasteiger partial charge >= 0.3 is 5.97 Å². The first-order valence-electron chi connectivity index (χ1n) is 9.16. The van der Waals surface area contributed by atoms with Crippen molar-refractivity contribution in [2.45, 2.75) is 32.4 Å². The molecule has 8 heteroatoms. The van der Waals surface area contributed by atoms with Crippen molar-refractivity contribution in [2.75, 3.05) is 19.7 Å². The van der Waals surface area contributed by atoms with Crippen molar-refractivity contribution in [3.63, 3.8) is 0 Å². The maximum absolute atomic E-state index is 12.4. The Balaban J connectivity index is 1.72. The number of piperidine rings is 1. The van der Waals surface area contributed by atoms with Gasteiger partial charge in [-0.2, -0.15) is 5.10 Å². The predicted molar refractivity (Wildman–Crippen MR) is 103 cm³/mol. The first kappa shape index (κ1) is 18.1. The highest BCUT2D eigenvalue weighted by molar-refractivity contribution is 7.20. The summed E-state index contributed by atoms with van der Waals surface area (Å²) in [5.74, 6) is -0.377. The van der Waals surface area contributed by atoms with Crippen molar-refractivity contribution >= 4 is 27.5 Å². The second-order valence-corrected chi connectivity index (χ2v) is 7.64. The molecule has 1 saturated heterocycles. The van der Waals surface area contributed by atoms with E-state index in [9.17, 15) is 9.90 Å². The van der Waals surface area contributed by atoms with E-state index in [0.29, 0.717) is 25.3 Å². The van der Waals surface area contributed by atoms with Crippen molar-refractivity contribution in [1.82, 2.24) is 19.7 Å². The highest BCUT2D eigenvalue weighted by Crippen LogP contribution is 2.27. The lowest BCUT2D eigenvalue weighted by Crippen LogP contribution is -2.38. The zero-order valence-corrected chi connectivity index (χ0v) is 16.0. The van der Waals surface area contributed by atoms with Crippen LogP contribution in [0, 0.1) is 0 Å². The number of hydrogen-bond acceptors (Lipinski definition) is 7. The summed E-state index contributed by atoms with van der Waals surface area (Å²) < 4.78 is 8.01. The number of ether oxygens (including phenoxy) is 1. The smallest absolute Gasteiger partial charge is 0.341 e. The largest absolute Gasteiger partial charge is 0.462 e. The molecule has 0 radical (unpaired) electrons. The molecule has 4 rings (SSSR count). The Hall–Kier alpha value is -2.29. The normalized spacial score (nSPS) is 18.1. The number of likely N-dealkylation sites (tertiary alicyclic amines) is 1. The Morgan fingerprint density at radius 3 is 3.04 bits per heavy atom. The van der Waals surface area contributed by atoms with E-state index < -0.39 is 0 Å². The van der Waals surface area contributed by atoms with E-state index in [-0.39, 0.29) is 12.1 Å². The Bertz CT molecular complexity index is 918. The van der Waals surface area contributed by atoms with Crippen LogP contribution in [0.4, 0.5) is 0 Å². The van der Waals surface area contributed by atoms with E-state index in [4.69, 9.17) is 4.74 Å². The van der Waals surface area contributed by atoms with Crippen LogP contribution in [0.25, 0.3) is 15.3 Å². The molecule has 7 nitrogen and oxygen atoms in total. The number of aliphatic hydroxyl groups excluding tert-OH is 1. The lowest BCUT2D eigenvalue weighted by molar-refractivity contribution is 0.0517. The third-order valence-corrected chi connectivity index (χ3v) is 5.69. The summed E-state index contributed by atoms with van der Waals surface area (Å²) in [6, 6.07) is 7.92. The molecule has 1 aliphatic rings. The monoisotopic (exact) mass is 386 g/mol. The molecule has 3 heterocycles. The molecule has 0 bridgehead atoms. The fraction of sp³-hybridized carbons (Fsp3) is 0.421. The van der Waals surface area contributed by atoms with Gasteiger partial charge in [-0.05, 0) is 38.4 Å². The molecule has 1 atom stereocenters. The van der Waals surface area contributed by atoms with Crippen molar-refractivity contribution < 1.29 is 14.6 Å². The van der Waals surface area contributed by atoms with Crippen LogP contribution in [0.5, 0.6) is 0 Å². The molecule has 2 aromatic heterocycles. The van der Waals surface area contributed by atoms with E-state index >= 15 is 0 Å². The molecule has 1 fully saturated rings. The van der Waals surface area contributed by atoms with Gasteiger partial charge in [0.05, 0.1) is 34.8 Å². The standard InChI is InChI=1S/C19H22N4O3S/c1-2-26-18(25)14-10-20-23(16(14)12-22-9-5-6-13(24)11-22)19-21-15-7-3-4-8-17(15)27-19/h3-4,7-8,10,13,24H,2,5-6,9,11-12H2,1H3. The molecule has 1 aliphatic heterocycles. The third-order valence-electron chi connectivity index (χ3n) is 4.68. The number of esters is 1. The van der Waals surface area contributed by atoms with Crippen LogP contribution < -0.4 is 0 Å². The highest BCUT2D eigenvalue weighted by atomic mass is 32.1. The molecule has 1 aromatic carbocycles. The van der Waals surface area contributed by atoms with Gasteiger partial charge in [-0.1, -0.05) is 23.5 Å². The number of fused-ring (bicyclic) bond motifs is 1. The highest BCUT2D eigenvalue weighted by Gasteiger charge is 2.25. The predicted octanol–water partition coefficient (Wildman–Crippen LogP) is 2.62. The number of benzene rings is 1. The summed E-state index contributed by atoms with van der Waals surface area (Å²) >= 11 is 1.53. The quantitative estimate of drug-likeness (QED) is 0.679. The summed E-state index contributed by atoms with van der Waals surface area (Å²) in [6.07, 6.45) is 2.98. The van der Waals surface area contributed by atoms with Crippen molar-refractivity contribution in [1.29, 1.82) is 0 Å². The van der Waals surface area contributed by atoms with Gasteiger partial charge in [-0.15, -0.1) is 0 Å². The van der Waals surface area contributed by atoms with Gasteiger partial charge in [0.25, 0.3) is 0 Å². The van der Waals surface area contributed by atoms with Crippen molar-refractivity contribution in [2.24, 2.45) is 0 Å². The van der Waals surface area contributed by atoms with Gasteiger partial charge in [-0.25, -0.2) is 14.5 Å². The molecule has 27 heavy (non-hydrogen) atoms. The maximum Gasteiger partial charge on any atom is 0.341 e. The molecule has 142 valence electrons. The van der Waals surface area contributed by atoms with Crippen LogP contribution in [0.2, 0.25) is 0 Å². The molecule has 0 amide bonds. The molecule has 0 aliphatic carbocycles. The number of nitrogens with zero attached hydrogens (tertiary/aromatic N) is 4. The van der Waals surface area contributed by atoms with Gasteiger partial charge in [-0.3, -0.25) is 4.90 Å². The van der Waals surface area contributed by atoms with E-state index in [0.717, 1.165) is 40.4 Å². The molecular formula is C19H22N4O3S. The number of para-hydroxylation sites is 1. The summed E-state index contributed by atoms with van der Waals surface area (Å²) in [6.45, 7) is 4.09. The minimum Gasteiger partial charge on any atom is -0.462 e. The van der Waals surface area contributed by atoms with Gasteiger partial charge in [0.15, 0.2) is 0 Å². The maximum atomic E-state index is 12.4. The SMILES string of the molecule is CCOC(=O)c1cnn(-c2nc3ccccc3s2)c1CN1CCCC(O)C1. The van der Waals surface area contributed by atoms with E-state index in [1.165, 1.54) is 11.3 Å². The Labute approximate surface area is 161 Å².